The minimum atomic E-state index is -0.189. The number of ether oxygens (including phenoxy) is 2. The van der Waals surface area contributed by atoms with Gasteiger partial charge in [0.1, 0.15) is 11.9 Å². The molecule has 1 aromatic heterocycles. The maximum Gasteiger partial charge on any atom is 0.276 e. The minimum Gasteiger partial charge on any atom is -0.497 e. The molecule has 2 amide bonds. The molecule has 1 atom stereocenters. The number of benzene rings is 2. The van der Waals surface area contributed by atoms with E-state index in [4.69, 9.17) is 21.1 Å². The number of hydrogen-bond donors (Lipinski definition) is 0. The number of nitrogens with zero attached hydrogens (tertiary/aromatic N) is 5. The summed E-state index contributed by atoms with van der Waals surface area (Å²) in [6.07, 6.45) is -0.179. The van der Waals surface area contributed by atoms with Crippen LogP contribution in [0.3, 0.4) is 0 Å². The molecule has 0 unspecified atom stereocenters. The van der Waals surface area contributed by atoms with Gasteiger partial charge in [-0.25, -0.2) is 4.68 Å². The van der Waals surface area contributed by atoms with Gasteiger partial charge in [0, 0.05) is 36.8 Å². The Labute approximate surface area is 201 Å². The van der Waals surface area contributed by atoms with Crippen LogP contribution in [0, 0.1) is 0 Å². The molecule has 0 bridgehead atoms. The molecule has 2 aliphatic heterocycles. The smallest absolute Gasteiger partial charge is 0.276 e. The fourth-order valence-corrected chi connectivity index (χ4v) is 4.36. The van der Waals surface area contributed by atoms with E-state index in [2.05, 4.69) is 10.3 Å². The summed E-state index contributed by atoms with van der Waals surface area (Å²) in [5.74, 6) is 0.455. The summed E-state index contributed by atoms with van der Waals surface area (Å²) in [5, 5.41) is 9.03. The first kappa shape index (κ1) is 22.4. The predicted molar refractivity (Wildman–Crippen MR) is 124 cm³/mol. The summed E-state index contributed by atoms with van der Waals surface area (Å²) < 4.78 is 12.9. The third-order valence-corrected chi connectivity index (χ3v) is 6.49. The quantitative estimate of drug-likeness (QED) is 0.569. The summed E-state index contributed by atoms with van der Waals surface area (Å²) in [6, 6.07) is 14.5. The molecule has 10 heteroatoms. The first-order valence-corrected chi connectivity index (χ1v) is 11.4. The van der Waals surface area contributed by atoms with Gasteiger partial charge in [0.25, 0.3) is 11.8 Å². The average molecular weight is 482 g/mol. The van der Waals surface area contributed by atoms with Crippen molar-refractivity contribution in [2.45, 2.75) is 19.3 Å². The number of piperazine rings is 1. The normalized spacial score (nSPS) is 17.9. The van der Waals surface area contributed by atoms with E-state index < -0.39 is 0 Å². The molecule has 3 aromatic rings. The number of rotatable bonds is 4. The highest BCUT2D eigenvalue weighted by Gasteiger charge is 2.32. The lowest BCUT2D eigenvalue weighted by atomic mass is 10.1. The largest absolute Gasteiger partial charge is 0.497 e. The lowest BCUT2D eigenvalue weighted by Gasteiger charge is -2.34. The first-order chi connectivity index (χ1) is 16.5. The lowest BCUT2D eigenvalue weighted by Crippen LogP contribution is -2.50. The Hall–Kier alpha value is -3.43. The van der Waals surface area contributed by atoms with Crippen LogP contribution >= 0.6 is 11.6 Å². The van der Waals surface area contributed by atoms with Crippen molar-refractivity contribution < 1.29 is 19.1 Å². The Morgan fingerprint density at radius 1 is 0.971 bits per heavy atom. The second kappa shape index (κ2) is 9.44. The van der Waals surface area contributed by atoms with Gasteiger partial charge in [-0.15, -0.1) is 5.10 Å². The second-order valence-electron chi connectivity index (χ2n) is 8.23. The minimum absolute atomic E-state index is 0.0579. The van der Waals surface area contributed by atoms with Crippen LogP contribution in [0.4, 0.5) is 0 Å². The fourth-order valence-electron chi connectivity index (χ4n) is 4.24. The van der Waals surface area contributed by atoms with Gasteiger partial charge in [-0.2, -0.15) is 0 Å². The van der Waals surface area contributed by atoms with Crippen molar-refractivity contribution in [1.29, 1.82) is 0 Å². The lowest BCUT2D eigenvalue weighted by molar-refractivity contribution is -0.00202. The molecular weight excluding hydrogens is 458 g/mol. The molecule has 0 N–H and O–H groups in total. The van der Waals surface area contributed by atoms with Crippen molar-refractivity contribution in [3.05, 3.63) is 76.1 Å². The Balaban J connectivity index is 1.21. The summed E-state index contributed by atoms with van der Waals surface area (Å²) in [6.45, 7) is 2.49. The van der Waals surface area contributed by atoms with Crippen LogP contribution in [-0.4, -0.2) is 69.9 Å². The van der Waals surface area contributed by atoms with Crippen molar-refractivity contribution in [2.24, 2.45) is 0 Å². The van der Waals surface area contributed by atoms with Gasteiger partial charge in [0.05, 0.1) is 26.0 Å². The Morgan fingerprint density at radius 2 is 1.62 bits per heavy atom. The highest BCUT2D eigenvalue weighted by atomic mass is 35.5. The maximum absolute atomic E-state index is 13.2. The first-order valence-electron chi connectivity index (χ1n) is 11.1. The number of carbonyl (C=O) groups excluding carboxylic acids is 2. The molecule has 0 radical (unpaired) electrons. The van der Waals surface area contributed by atoms with E-state index in [1.54, 1.807) is 45.9 Å². The number of aromatic nitrogens is 3. The molecule has 0 saturated carbocycles. The molecule has 3 heterocycles. The van der Waals surface area contributed by atoms with Crippen LogP contribution < -0.4 is 4.74 Å². The van der Waals surface area contributed by atoms with Crippen molar-refractivity contribution in [3.8, 4) is 5.75 Å². The zero-order chi connectivity index (χ0) is 23.7. The number of amides is 2. The molecule has 9 nitrogen and oxygen atoms in total. The molecule has 5 rings (SSSR count). The van der Waals surface area contributed by atoms with Crippen molar-refractivity contribution >= 4 is 23.4 Å². The van der Waals surface area contributed by atoms with E-state index in [1.807, 2.05) is 24.3 Å². The molecule has 1 saturated heterocycles. The van der Waals surface area contributed by atoms with Crippen LogP contribution in [0.5, 0.6) is 5.75 Å². The number of methoxy groups -OCH3 is 1. The molecular formula is C24H24ClN5O4. The van der Waals surface area contributed by atoms with Crippen molar-refractivity contribution in [3.63, 3.8) is 0 Å². The van der Waals surface area contributed by atoms with Crippen LogP contribution in [0.1, 0.15) is 38.2 Å². The van der Waals surface area contributed by atoms with E-state index >= 15 is 0 Å². The summed E-state index contributed by atoms with van der Waals surface area (Å²) >= 11 is 5.98. The summed E-state index contributed by atoms with van der Waals surface area (Å²) in [7, 11) is 1.59. The number of fused-ring (bicyclic) bond motifs is 1. The van der Waals surface area contributed by atoms with Gasteiger partial charge in [0.2, 0.25) is 0 Å². The van der Waals surface area contributed by atoms with Crippen LogP contribution in [0.25, 0.3) is 0 Å². The SMILES string of the molecule is COc1ccc(C(=O)N2CCN(C(=O)c3nnn4c3CO[C@H](c3ccc(Cl)cc3)C4)CC2)cc1. The molecule has 0 aliphatic carbocycles. The van der Waals surface area contributed by atoms with Gasteiger partial charge in [-0.1, -0.05) is 28.9 Å². The Kier molecular flexibility index (Phi) is 6.21. The monoisotopic (exact) mass is 481 g/mol. The predicted octanol–water partition coefficient (Wildman–Crippen LogP) is 2.81. The molecule has 1 fully saturated rings. The molecule has 2 aromatic carbocycles. The number of halogens is 1. The fraction of sp³-hybridized carbons (Fsp3) is 0.333. The number of hydrogen-bond acceptors (Lipinski definition) is 6. The van der Waals surface area contributed by atoms with Crippen molar-refractivity contribution in [2.75, 3.05) is 33.3 Å². The van der Waals surface area contributed by atoms with Crippen molar-refractivity contribution in [1.82, 2.24) is 24.8 Å². The average Bonchev–Trinajstić information content (AvgIpc) is 3.32. The standard InChI is InChI=1S/C24H24ClN5O4/c1-33-19-8-4-17(5-9-19)23(31)28-10-12-29(13-11-28)24(32)22-20-15-34-21(14-30(20)27-26-22)16-2-6-18(25)7-3-16/h2-9,21H,10-15H2,1H3/t21-/m0/s1. The van der Waals surface area contributed by atoms with E-state index in [0.29, 0.717) is 60.4 Å². The summed E-state index contributed by atoms with van der Waals surface area (Å²) in [4.78, 5) is 29.4. The van der Waals surface area contributed by atoms with E-state index in [0.717, 1.165) is 5.56 Å². The van der Waals surface area contributed by atoms with E-state index in [-0.39, 0.29) is 24.5 Å². The van der Waals surface area contributed by atoms with Gasteiger partial charge in [-0.05, 0) is 42.0 Å². The highest BCUT2D eigenvalue weighted by molar-refractivity contribution is 6.30. The second-order valence-corrected chi connectivity index (χ2v) is 8.67. The van der Waals surface area contributed by atoms with Gasteiger partial charge >= 0.3 is 0 Å². The maximum atomic E-state index is 13.2. The van der Waals surface area contributed by atoms with Gasteiger partial charge < -0.3 is 19.3 Å². The zero-order valence-corrected chi connectivity index (χ0v) is 19.4. The van der Waals surface area contributed by atoms with Crippen LogP contribution in [0.15, 0.2) is 48.5 Å². The Bertz CT molecular complexity index is 1190. The van der Waals surface area contributed by atoms with E-state index in [9.17, 15) is 9.59 Å². The zero-order valence-electron chi connectivity index (χ0n) is 18.7. The third kappa shape index (κ3) is 4.36. The van der Waals surface area contributed by atoms with Crippen LogP contribution in [0.2, 0.25) is 5.02 Å². The molecule has 176 valence electrons. The summed E-state index contributed by atoms with van der Waals surface area (Å²) in [5.41, 5.74) is 2.58. The highest BCUT2D eigenvalue weighted by Crippen LogP contribution is 2.28. The van der Waals surface area contributed by atoms with Crippen LogP contribution in [-0.2, 0) is 17.9 Å². The molecule has 34 heavy (non-hydrogen) atoms. The third-order valence-electron chi connectivity index (χ3n) is 6.23. The van der Waals surface area contributed by atoms with Gasteiger partial charge in [0.15, 0.2) is 5.69 Å². The number of carbonyl (C=O) groups is 2. The molecule has 0 spiro atoms. The Morgan fingerprint density at radius 3 is 2.26 bits per heavy atom. The van der Waals surface area contributed by atoms with Gasteiger partial charge in [-0.3, -0.25) is 9.59 Å². The topological polar surface area (TPSA) is 89.8 Å². The van der Waals surface area contributed by atoms with E-state index in [1.165, 1.54) is 0 Å². The molecule has 2 aliphatic rings.